The maximum atomic E-state index is 12.5. The monoisotopic (exact) mass is 664 g/mol. The molecule has 0 spiro atoms. The standard InChI is InChI=1S/C34H34Cl2N4O6/c35-16-3-1-5-18-43-33(41)27-14-7-10-23(20-27)29-37-31(45-39-29)25-12-9-13-26(22-25)32-38-30(40-46-32)24-11-8-15-28(21-24)34(42)44-19-6-2-4-17-36/h7-15,20-22,33,41H,1-6,16-19H2. The minimum atomic E-state index is -1.06. The summed E-state index contributed by atoms with van der Waals surface area (Å²) in [6.07, 6.45) is 4.18. The summed E-state index contributed by atoms with van der Waals surface area (Å²) in [5, 5.41) is 18.7. The van der Waals surface area contributed by atoms with Crippen LogP contribution >= 0.6 is 23.2 Å². The molecule has 0 aliphatic heterocycles. The molecule has 0 amide bonds. The van der Waals surface area contributed by atoms with Crippen molar-refractivity contribution in [2.24, 2.45) is 0 Å². The number of aliphatic hydroxyl groups is 1. The third-order valence-corrected chi connectivity index (χ3v) is 7.59. The van der Waals surface area contributed by atoms with Gasteiger partial charge in [0.1, 0.15) is 0 Å². The van der Waals surface area contributed by atoms with Crippen molar-refractivity contribution in [2.75, 3.05) is 25.0 Å². The fraction of sp³-hybridized carbons (Fsp3) is 0.324. The number of esters is 1. The summed E-state index contributed by atoms with van der Waals surface area (Å²) in [6, 6.07) is 21.4. The number of ether oxygens (including phenoxy) is 2. The van der Waals surface area contributed by atoms with Gasteiger partial charge in [0.25, 0.3) is 11.8 Å². The summed E-state index contributed by atoms with van der Waals surface area (Å²) in [7, 11) is 0. The minimum absolute atomic E-state index is 0.285. The molecule has 10 nitrogen and oxygen atoms in total. The number of carbonyl (C=O) groups excluding carboxylic acids is 1. The van der Waals surface area contributed by atoms with Gasteiger partial charge in [0.15, 0.2) is 6.29 Å². The molecule has 1 atom stereocenters. The summed E-state index contributed by atoms with van der Waals surface area (Å²) in [5.74, 6) is 2.09. The molecule has 240 valence electrons. The van der Waals surface area contributed by atoms with Gasteiger partial charge in [-0.25, -0.2) is 4.79 Å². The van der Waals surface area contributed by atoms with E-state index in [1.54, 1.807) is 42.5 Å². The first kappa shape index (κ1) is 33.3. The lowest BCUT2D eigenvalue weighted by Crippen LogP contribution is -2.06. The lowest BCUT2D eigenvalue weighted by molar-refractivity contribution is -0.103. The quantitative estimate of drug-likeness (QED) is 0.0449. The first-order valence-electron chi connectivity index (χ1n) is 15.1. The molecule has 5 rings (SSSR count). The molecule has 0 aliphatic rings. The lowest BCUT2D eigenvalue weighted by Gasteiger charge is -2.12. The minimum Gasteiger partial charge on any atom is -0.462 e. The molecule has 0 saturated heterocycles. The van der Waals surface area contributed by atoms with E-state index >= 15 is 0 Å². The average Bonchev–Trinajstić information content (AvgIpc) is 3.80. The smallest absolute Gasteiger partial charge is 0.338 e. The SMILES string of the molecule is O=C(OCCCCCCl)c1cccc(-c2noc(-c3cccc(-c4nc(-c5cccc(C(O)OCCCCCCl)c5)no4)c3)n2)c1. The van der Waals surface area contributed by atoms with Crippen LogP contribution in [-0.2, 0) is 9.47 Å². The predicted molar refractivity (Wildman–Crippen MR) is 174 cm³/mol. The molecule has 0 bridgehead atoms. The summed E-state index contributed by atoms with van der Waals surface area (Å²) < 4.78 is 22.1. The van der Waals surface area contributed by atoms with E-state index < -0.39 is 12.3 Å². The zero-order valence-corrected chi connectivity index (χ0v) is 26.6. The molecule has 0 fully saturated rings. The van der Waals surface area contributed by atoms with Crippen molar-refractivity contribution in [2.45, 2.75) is 44.8 Å². The molecular weight excluding hydrogens is 631 g/mol. The second kappa shape index (κ2) is 17.0. The van der Waals surface area contributed by atoms with Gasteiger partial charge in [0.05, 0.1) is 18.8 Å². The fourth-order valence-electron chi connectivity index (χ4n) is 4.60. The van der Waals surface area contributed by atoms with Crippen LogP contribution in [0.2, 0.25) is 0 Å². The Bertz CT molecular complexity index is 1710. The van der Waals surface area contributed by atoms with Gasteiger partial charge < -0.3 is 23.6 Å². The molecule has 0 saturated carbocycles. The molecule has 0 radical (unpaired) electrons. The Hall–Kier alpha value is -4.09. The van der Waals surface area contributed by atoms with Gasteiger partial charge in [-0.2, -0.15) is 9.97 Å². The molecule has 3 aromatic carbocycles. The Morgan fingerprint density at radius 1 is 0.696 bits per heavy atom. The van der Waals surface area contributed by atoms with E-state index in [-0.39, 0.29) is 5.89 Å². The summed E-state index contributed by atoms with van der Waals surface area (Å²) >= 11 is 11.4. The van der Waals surface area contributed by atoms with Crippen LogP contribution in [0.4, 0.5) is 0 Å². The number of aromatic nitrogens is 4. The first-order chi connectivity index (χ1) is 22.6. The molecule has 1 unspecified atom stereocenters. The Kier molecular flexibility index (Phi) is 12.3. The van der Waals surface area contributed by atoms with Crippen LogP contribution in [0.1, 0.15) is 60.7 Å². The van der Waals surface area contributed by atoms with Crippen LogP contribution in [0.3, 0.4) is 0 Å². The van der Waals surface area contributed by atoms with Crippen LogP contribution in [0, 0.1) is 0 Å². The number of hydrogen-bond donors (Lipinski definition) is 1. The number of carbonyl (C=O) groups is 1. The summed E-state index contributed by atoms with van der Waals surface area (Å²) in [5.41, 5.74) is 3.60. The summed E-state index contributed by atoms with van der Waals surface area (Å²) in [6.45, 7) is 0.772. The molecule has 12 heteroatoms. The van der Waals surface area contributed by atoms with Crippen molar-refractivity contribution < 1.29 is 28.4 Å². The highest BCUT2D eigenvalue weighted by Gasteiger charge is 2.17. The molecule has 46 heavy (non-hydrogen) atoms. The van der Waals surface area contributed by atoms with Crippen molar-refractivity contribution >= 4 is 29.2 Å². The Morgan fingerprint density at radius 2 is 1.26 bits per heavy atom. The van der Waals surface area contributed by atoms with Crippen LogP contribution in [0.25, 0.3) is 45.7 Å². The number of rotatable bonds is 17. The van der Waals surface area contributed by atoms with Gasteiger partial charge in [-0.05, 0) is 74.9 Å². The molecule has 1 N–H and O–H groups in total. The summed E-state index contributed by atoms with van der Waals surface area (Å²) in [4.78, 5) is 21.6. The number of aliphatic hydroxyl groups excluding tert-OH is 1. The number of nitrogens with zero attached hydrogens (tertiary/aromatic N) is 4. The highest BCUT2D eigenvalue weighted by molar-refractivity contribution is 6.18. The van der Waals surface area contributed by atoms with Crippen molar-refractivity contribution in [1.29, 1.82) is 0 Å². The van der Waals surface area contributed by atoms with Crippen LogP contribution in [0.5, 0.6) is 0 Å². The van der Waals surface area contributed by atoms with Gasteiger partial charge in [0, 0.05) is 39.6 Å². The second-order valence-corrected chi connectivity index (χ2v) is 11.2. The van der Waals surface area contributed by atoms with Crippen molar-refractivity contribution in [3.05, 3.63) is 83.9 Å². The third-order valence-electron chi connectivity index (χ3n) is 7.06. The Balaban J connectivity index is 1.25. The van der Waals surface area contributed by atoms with Crippen LogP contribution in [0.15, 0.2) is 81.8 Å². The number of hydrogen-bond acceptors (Lipinski definition) is 10. The average molecular weight is 666 g/mol. The van der Waals surface area contributed by atoms with E-state index in [1.807, 2.05) is 30.3 Å². The Labute approximate surface area is 276 Å². The number of halogens is 2. The van der Waals surface area contributed by atoms with Gasteiger partial charge in [0.2, 0.25) is 11.6 Å². The zero-order valence-electron chi connectivity index (χ0n) is 25.1. The third kappa shape index (κ3) is 9.01. The molecular formula is C34H34Cl2N4O6. The lowest BCUT2D eigenvalue weighted by atomic mass is 10.1. The highest BCUT2D eigenvalue weighted by Crippen LogP contribution is 2.29. The number of benzene rings is 3. The van der Waals surface area contributed by atoms with Crippen molar-refractivity contribution in [1.82, 2.24) is 20.3 Å². The highest BCUT2D eigenvalue weighted by atomic mass is 35.5. The van der Waals surface area contributed by atoms with E-state index in [0.29, 0.717) is 75.9 Å². The van der Waals surface area contributed by atoms with Crippen molar-refractivity contribution in [3.63, 3.8) is 0 Å². The maximum Gasteiger partial charge on any atom is 0.338 e. The molecule has 0 aliphatic carbocycles. The van der Waals surface area contributed by atoms with E-state index in [1.165, 1.54) is 0 Å². The molecule has 2 heterocycles. The first-order valence-corrected chi connectivity index (χ1v) is 16.2. The van der Waals surface area contributed by atoms with Gasteiger partial charge in [-0.1, -0.05) is 46.7 Å². The van der Waals surface area contributed by atoms with Gasteiger partial charge in [-0.15, -0.1) is 23.2 Å². The molecule has 2 aromatic heterocycles. The van der Waals surface area contributed by atoms with Crippen LogP contribution < -0.4 is 0 Å². The van der Waals surface area contributed by atoms with Crippen molar-refractivity contribution in [3.8, 4) is 45.7 Å². The molecule has 5 aromatic rings. The predicted octanol–water partition coefficient (Wildman–Crippen LogP) is 8.10. The van der Waals surface area contributed by atoms with E-state index in [9.17, 15) is 9.90 Å². The fourth-order valence-corrected chi connectivity index (χ4v) is 4.98. The van der Waals surface area contributed by atoms with Gasteiger partial charge >= 0.3 is 5.97 Å². The second-order valence-electron chi connectivity index (χ2n) is 10.5. The normalized spacial score (nSPS) is 11.9. The van der Waals surface area contributed by atoms with E-state index in [2.05, 4.69) is 20.3 Å². The largest absolute Gasteiger partial charge is 0.462 e. The van der Waals surface area contributed by atoms with E-state index in [0.717, 1.165) is 38.5 Å². The zero-order chi connectivity index (χ0) is 32.1. The number of alkyl halides is 2. The maximum absolute atomic E-state index is 12.5. The topological polar surface area (TPSA) is 134 Å². The Morgan fingerprint density at radius 3 is 1.91 bits per heavy atom. The van der Waals surface area contributed by atoms with Crippen LogP contribution in [-0.4, -0.2) is 56.3 Å². The van der Waals surface area contributed by atoms with E-state index in [4.69, 9.17) is 41.7 Å². The number of unbranched alkanes of at least 4 members (excludes halogenated alkanes) is 4. The van der Waals surface area contributed by atoms with Gasteiger partial charge in [-0.3, -0.25) is 0 Å².